The summed E-state index contributed by atoms with van der Waals surface area (Å²) in [7, 11) is 2.02. The second-order valence-corrected chi connectivity index (χ2v) is 3.75. The van der Waals surface area contributed by atoms with Gasteiger partial charge >= 0.3 is 0 Å². The highest BCUT2D eigenvalue weighted by Gasteiger charge is 2.18. The first-order valence-corrected chi connectivity index (χ1v) is 4.91. The van der Waals surface area contributed by atoms with Crippen molar-refractivity contribution in [1.29, 1.82) is 0 Å². The summed E-state index contributed by atoms with van der Waals surface area (Å²) >= 11 is 0. The summed E-state index contributed by atoms with van der Waals surface area (Å²) in [5, 5.41) is 0. The van der Waals surface area contributed by atoms with Gasteiger partial charge in [0.05, 0.1) is 6.20 Å². The molecule has 0 bridgehead atoms. The fraction of sp³-hybridized carbons (Fsp3) is 0.500. The average molecular weight is 213 g/mol. The van der Waals surface area contributed by atoms with E-state index in [0.717, 1.165) is 38.4 Å². The van der Waals surface area contributed by atoms with E-state index in [1.807, 2.05) is 11.9 Å². The highest BCUT2D eigenvalue weighted by atomic mass is 19.1. The lowest BCUT2D eigenvalue weighted by molar-refractivity contribution is 0.310. The molecule has 2 heterocycles. The van der Waals surface area contributed by atoms with Crippen LogP contribution in [0.25, 0.3) is 0 Å². The van der Waals surface area contributed by atoms with E-state index in [4.69, 9.17) is 0 Å². The van der Waals surface area contributed by atoms with Gasteiger partial charge in [0.2, 0.25) is 0 Å². The van der Waals surface area contributed by atoms with Crippen molar-refractivity contribution in [3.05, 3.63) is 23.9 Å². The molecule has 15 heavy (non-hydrogen) atoms. The maximum atomic E-state index is 13.4. The van der Waals surface area contributed by atoms with Crippen LogP contribution >= 0.6 is 0 Å². The summed E-state index contributed by atoms with van der Waals surface area (Å²) in [4.78, 5) is 7.79. The van der Waals surface area contributed by atoms with E-state index in [1.54, 1.807) is 0 Å². The molecule has 1 aliphatic heterocycles. The van der Waals surface area contributed by atoms with E-state index < -0.39 is 11.6 Å². The molecule has 5 heteroatoms. The summed E-state index contributed by atoms with van der Waals surface area (Å²) < 4.78 is 26.0. The molecule has 1 aromatic rings. The average Bonchev–Trinajstić information content (AvgIpc) is 2.20. The first-order chi connectivity index (χ1) is 7.16. The standard InChI is InChI=1S/C10H13F2N3/c1-14-2-4-15(5-3-14)10-9(12)6-8(11)7-13-10/h6-7H,2-5H2,1H3. The molecule has 0 atom stereocenters. The third-order valence-corrected chi connectivity index (χ3v) is 2.59. The largest absolute Gasteiger partial charge is 0.352 e. The Kier molecular flexibility index (Phi) is 2.81. The smallest absolute Gasteiger partial charge is 0.168 e. The van der Waals surface area contributed by atoms with Crippen LogP contribution in [0.15, 0.2) is 12.3 Å². The van der Waals surface area contributed by atoms with Crippen LogP contribution in [0.2, 0.25) is 0 Å². The number of nitrogens with zero attached hydrogens (tertiary/aromatic N) is 3. The van der Waals surface area contributed by atoms with Crippen LogP contribution < -0.4 is 4.90 Å². The van der Waals surface area contributed by atoms with Crippen molar-refractivity contribution < 1.29 is 8.78 Å². The van der Waals surface area contributed by atoms with E-state index in [2.05, 4.69) is 9.88 Å². The Balaban J connectivity index is 2.15. The molecule has 1 fully saturated rings. The predicted molar refractivity (Wildman–Crippen MR) is 53.9 cm³/mol. The Morgan fingerprint density at radius 3 is 2.47 bits per heavy atom. The SMILES string of the molecule is CN1CCN(c2ncc(F)cc2F)CC1. The van der Waals surface area contributed by atoms with Crippen LogP contribution in [0, 0.1) is 11.6 Å². The molecule has 0 aromatic carbocycles. The van der Waals surface area contributed by atoms with Crippen LogP contribution in [0.4, 0.5) is 14.6 Å². The topological polar surface area (TPSA) is 19.4 Å². The first-order valence-electron chi connectivity index (χ1n) is 4.91. The normalized spacial score (nSPS) is 18.2. The molecule has 0 spiro atoms. The van der Waals surface area contributed by atoms with Crippen molar-refractivity contribution >= 4 is 5.82 Å². The number of anilines is 1. The van der Waals surface area contributed by atoms with Gasteiger partial charge in [0.25, 0.3) is 0 Å². The molecular formula is C10H13F2N3. The van der Waals surface area contributed by atoms with Gasteiger partial charge in [-0.15, -0.1) is 0 Å². The number of piperazine rings is 1. The van der Waals surface area contributed by atoms with Gasteiger partial charge in [0, 0.05) is 32.2 Å². The van der Waals surface area contributed by atoms with E-state index >= 15 is 0 Å². The van der Waals surface area contributed by atoms with Gasteiger partial charge in [-0.3, -0.25) is 0 Å². The number of aromatic nitrogens is 1. The number of pyridine rings is 1. The predicted octanol–water partition coefficient (Wildman–Crippen LogP) is 1.11. The van der Waals surface area contributed by atoms with Crippen LogP contribution in [0.3, 0.4) is 0 Å². The molecule has 3 nitrogen and oxygen atoms in total. The molecule has 82 valence electrons. The quantitative estimate of drug-likeness (QED) is 0.696. The number of hydrogen-bond acceptors (Lipinski definition) is 3. The minimum absolute atomic E-state index is 0.254. The molecular weight excluding hydrogens is 200 g/mol. The van der Waals surface area contributed by atoms with Crippen LogP contribution in [-0.2, 0) is 0 Å². The van der Waals surface area contributed by atoms with Crippen molar-refractivity contribution in [2.24, 2.45) is 0 Å². The number of rotatable bonds is 1. The lowest BCUT2D eigenvalue weighted by Crippen LogP contribution is -2.45. The van der Waals surface area contributed by atoms with Gasteiger partial charge < -0.3 is 9.80 Å². The third-order valence-electron chi connectivity index (χ3n) is 2.59. The molecule has 2 rings (SSSR count). The Morgan fingerprint density at radius 1 is 1.20 bits per heavy atom. The first kappa shape index (κ1) is 10.3. The van der Waals surface area contributed by atoms with Gasteiger partial charge in [-0.1, -0.05) is 0 Å². The van der Waals surface area contributed by atoms with Crippen molar-refractivity contribution in [3.8, 4) is 0 Å². The Morgan fingerprint density at radius 2 is 1.87 bits per heavy atom. The molecule has 1 saturated heterocycles. The fourth-order valence-corrected chi connectivity index (χ4v) is 1.66. The zero-order valence-electron chi connectivity index (χ0n) is 8.58. The summed E-state index contributed by atoms with van der Waals surface area (Å²) in [6.07, 6.45) is 1.05. The van der Waals surface area contributed by atoms with Crippen LogP contribution in [0.1, 0.15) is 0 Å². The summed E-state index contributed by atoms with van der Waals surface area (Å²) in [5.74, 6) is -0.963. The molecule has 0 radical (unpaired) electrons. The number of hydrogen-bond donors (Lipinski definition) is 0. The lowest BCUT2D eigenvalue weighted by Gasteiger charge is -2.33. The van der Waals surface area contributed by atoms with Crippen molar-refractivity contribution in [2.45, 2.75) is 0 Å². The molecule has 0 saturated carbocycles. The molecule has 1 aromatic heterocycles. The summed E-state index contributed by atoms with van der Waals surface area (Å²) in [5.41, 5.74) is 0. The van der Waals surface area contributed by atoms with Gasteiger partial charge in [-0.05, 0) is 7.05 Å². The zero-order valence-corrected chi connectivity index (χ0v) is 8.58. The summed E-state index contributed by atoms with van der Waals surface area (Å²) in [6, 6.07) is 0.876. The Hall–Kier alpha value is -1.23. The fourth-order valence-electron chi connectivity index (χ4n) is 1.66. The molecule has 0 unspecified atom stereocenters. The monoisotopic (exact) mass is 213 g/mol. The highest BCUT2D eigenvalue weighted by Crippen LogP contribution is 2.17. The zero-order chi connectivity index (χ0) is 10.8. The van der Waals surface area contributed by atoms with E-state index in [1.165, 1.54) is 0 Å². The molecule has 0 amide bonds. The lowest BCUT2D eigenvalue weighted by atomic mass is 10.3. The second-order valence-electron chi connectivity index (χ2n) is 3.75. The minimum atomic E-state index is -0.634. The maximum absolute atomic E-state index is 13.4. The van der Waals surface area contributed by atoms with Crippen molar-refractivity contribution in [1.82, 2.24) is 9.88 Å². The van der Waals surface area contributed by atoms with Crippen LogP contribution in [-0.4, -0.2) is 43.1 Å². The highest BCUT2D eigenvalue weighted by molar-refractivity contribution is 5.40. The summed E-state index contributed by atoms with van der Waals surface area (Å²) in [6.45, 7) is 3.20. The van der Waals surface area contributed by atoms with Crippen molar-refractivity contribution in [3.63, 3.8) is 0 Å². The Labute approximate surface area is 87.3 Å². The molecule has 0 aliphatic carbocycles. The molecule has 0 N–H and O–H groups in total. The van der Waals surface area contributed by atoms with Crippen LogP contribution in [0.5, 0.6) is 0 Å². The van der Waals surface area contributed by atoms with Gasteiger partial charge in [0.15, 0.2) is 11.6 Å². The third kappa shape index (κ3) is 2.23. The minimum Gasteiger partial charge on any atom is -0.352 e. The van der Waals surface area contributed by atoms with Gasteiger partial charge in [-0.2, -0.15) is 0 Å². The van der Waals surface area contributed by atoms with Gasteiger partial charge in [0.1, 0.15) is 5.82 Å². The number of likely N-dealkylation sites (N-methyl/N-ethyl adjacent to an activating group) is 1. The van der Waals surface area contributed by atoms with E-state index in [9.17, 15) is 8.78 Å². The Bertz CT molecular complexity index is 349. The number of halogens is 2. The van der Waals surface area contributed by atoms with Crippen molar-refractivity contribution in [2.75, 3.05) is 38.1 Å². The van der Waals surface area contributed by atoms with E-state index in [0.29, 0.717) is 0 Å². The second kappa shape index (κ2) is 4.10. The molecule has 1 aliphatic rings. The van der Waals surface area contributed by atoms with E-state index in [-0.39, 0.29) is 5.82 Å². The van der Waals surface area contributed by atoms with Gasteiger partial charge in [-0.25, -0.2) is 13.8 Å². The maximum Gasteiger partial charge on any atom is 0.168 e.